The van der Waals surface area contributed by atoms with Crippen molar-refractivity contribution in [3.63, 3.8) is 0 Å². The number of carbonyl (C=O) groups is 2. The molecule has 0 spiro atoms. The fourth-order valence-electron chi connectivity index (χ4n) is 2.75. The van der Waals surface area contributed by atoms with Gasteiger partial charge in [-0.05, 0) is 37.4 Å². The maximum Gasteiger partial charge on any atom is 0.226 e. The Labute approximate surface area is 148 Å². The minimum Gasteiger partial charge on any atom is -0.355 e. The lowest BCUT2D eigenvalue weighted by Gasteiger charge is -2.17. The molecule has 2 rings (SSSR count). The van der Waals surface area contributed by atoms with Crippen LogP contribution in [0.5, 0.6) is 0 Å². The molecule has 1 aromatic rings. The van der Waals surface area contributed by atoms with Gasteiger partial charge >= 0.3 is 0 Å². The van der Waals surface area contributed by atoms with Gasteiger partial charge in [0.1, 0.15) is 0 Å². The average Bonchev–Trinajstić information content (AvgIpc) is 2.96. The number of nitrogens with one attached hydrogen (secondary N) is 2. The van der Waals surface area contributed by atoms with Gasteiger partial charge in [0, 0.05) is 37.0 Å². The highest BCUT2D eigenvalue weighted by Gasteiger charge is 2.31. The van der Waals surface area contributed by atoms with Crippen LogP contribution in [0.4, 0.5) is 5.69 Å². The van der Waals surface area contributed by atoms with E-state index in [9.17, 15) is 9.59 Å². The van der Waals surface area contributed by atoms with E-state index in [4.69, 9.17) is 5.73 Å². The molecule has 0 saturated heterocycles. The standard InChI is InChI=1S/C15H22N4O2.2ClH/c16-10-11-2-1-3-13(11)15(21)18-9-6-14(20)19-12-4-7-17-8-5-12;;/h4-5,7-8,11,13H,1-3,6,9-10,16H2,(H,18,21)(H,17,19,20);2*1H/t11-,13-;;/m1../s1. The molecule has 8 heteroatoms. The van der Waals surface area contributed by atoms with Crippen molar-refractivity contribution >= 4 is 42.3 Å². The molecule has 23 heavy (non-hydrogen) atoms. The van der Waals surface area contributed by atoms with Gasteiger partial charge < -0.3 is 16.4 Å². The summed E-state index contributed by atoms with van der Waals surface area (Å²) in [6.45, 7) is 0.907. The predicted octanol–water partition coefficient (Wildman–Crippen LogP) is 1.74. The molecule has 0 unspecified atom stereocenters. The van der Waals surface area contributed by atoms with Crippen LogP contribution < -0.4 is 16.4 Å². The monoisotopic (exact) mass is 362 g/mol. The second kappa shape index (κ2) is 11.2. The number of halogens is 2. The Morgan fingerprint density at radius 1 is 1.22 bits per heavy atom. The minimum absolute atomic E-state index is 0. The second-order valence-corrected chi connectivity index (χ2v) is 5.36. The lowest BCUT2D eigenvalue weighted by molar-refractivity contribution is -0.126. The molecule has 0 aliphatic heterocycles. The summed E-state index contributed by atoms with van der Waals surface area (Å²) in [6.07, 6.45) is 6.47. The fourth-order valence-corrected chi connectivity index (χ4v) is 2.75. The highest BCUT2D eigenvalue weighted by molar-refractivity contribution is 5.91. The number of rotatable bonds is 6. The number of nitrogens with two attached hydrogens (primary N) is 1. The van der Waals surface area contributed by atoms with Gasteiger partial charge in [0.25, 0.3) is 0 Å². The highest BCUT2D eigenvalue weighted by atomic mass is 35.5. The summed E-state index contributed by atoms with van der Waals surface area (Å²) in [5.41, 5.74) is 6.38. The van der Waals surface area contributed by atoms with Gasteiger partial charge in [0.05, 0.1) is 0 Å². The molecule has 1 fully saturated rings. The van der Waals surface area contributed by atoms with Crippen molar-refractivity contribution in [2.24, 2.45) is 17.6 Å². The summed E-state index contributed by atoms with van der Waals surface area (Å²) >= 11 is 0. The van der Waals surface area contributed by atoms with E-state index < -0.39 is 0 Å². The van der Waals surface area contributed by atoms with Gasteiger partial charge in [-0.15, -0.1) is 24.8 Å². The van der Waals surface area contributed by atoms with Crippen LogP contribution in [-0.2, 0) is 9.59 Å². The van der Waals surface area contributed by atoms with Gasteiger partial charge in [0.15, 0.2) is 0 Å². The summed E-state index contributed by atoms with van der Waals surface area (Å²) in [5, 5.41) is 5.59. The van der Waals surface area contributed by atoms with Crippen LogP contribution in [0.1, 0.15) is 25.7 Å². The van der Waals surface area contributed by atoms with E-state index in [1.54, 1.807) is 24.5 Å². The molecule has 1 aromatic heterocycles. The molecule has 0 aromatic carbocycles. The van der Waals surface area contributed by atoms with E-state index in [0.29, 0.717) is 18.8 Å². The summed E-state index contributed by atoms with van der Waals surface area (Å²) in [5.74, 6) is 0.205. The molecule has 1 heterocycles. The van der Waals surface area contributed by atoms with Crippen molar-refractivity contribution in [3.8, 4) is 0 Å². The van der Waals surface area contributed by atoms with Gasteiger partial charge in [-0.1, -0.05) is 6.42 Å². The Balaban J connectivity index is 0.00000242. The predicted molar refractivity (Wildman–Crippen MR) is 94.9 cm³/mol. The molecular formula is C15H24Cl2N4O2. The van der Waals surface area contributed by atoms with Crippen molar-refractivity contribution in [1.82, 2.24) is 10.3 Å². The van der Waals surface area contributed by atoms with Crippen molar-refractivity contribution in [3.05, 3.63) is 24.5 Å². The lowest BCUT2D eigenvalue weighted by Crippen LogP contribution is -2.36. The zero-order valence-corrected chi connectivity index (χ0v) is 14.5. The summed E-state index contributed by atoms with van der Waals surface area (Å²) in [6, 6.07) is 3.45. The number of nitrogens with zero attached hydrogens (tertiary/aromatic N) is 1. The third-order valence-electron chi connectivity index (χ3n) is 3.91. The van der Waals surface area contributed by atoms with Crippen molar-refractivity contribution < 1.29 is 9.59 Å². The number of amides is 2. The van der Waals surface area contributed by atoms with Gasteiger partial charge in [-0.3, -0.25) is 14.6 Å². The largest absolute Gasteiger partial charge is 0.355 e. The molecule has 1 saturated carbocycles. The molecule has 4 N–H and O–H groups in total. The summed E-state index contributed by atoms with van der Waals surface area (Å²) in [4.78, 5) is 27.7. The normalized spacial score (nSPS) is 19.2. The van der Waals surface area contributed by atoms with Crippen molar-refractivity contribution in [1.29, 1.82) is 0 Å². The number of carbonyl (C=O) groups excluding carboxylic acids is 2. The fraction of sp³-hybridized carbons (Fsp3) is 0.533. The molecule has 1 aliphatic rings. The van der Waals surface area contributed by atoms with Crippen LogP contribution in [0.25, 0.3) is 0 Å². The maximum absolute atomic E-state index is 12.0. The third kappa shape index (κ3) is 6.72. The van der Waals surface area contributed by atoms with Crippen molar-refractivity contribution in [2.45, 2.75) is 25.7 Å². The minimum atomic E-state index is -0.122. The first-order valence-electron chi connectivity index (χ1n) is 7.38. The molecule has 0 bridgehead atoms. The molecule has 2 amide bonds. The Morgan fingerprint density at radius 3 is 2.57 bits per heavy atom. The number of hydrogen-bond donors (Lipinski definition) is 3. The molecule has 6 nitrogen and oxygen atoms in total. The first-order valence-corrected chi connectivity index (χ1v) is 7.38. The average molecular weight is 363 g/mol. The van der Waals surface area contributed by atoms with Crippen LogP contribution in [0.15, 0.2) is 24.5 Å². The Bertz CT molecular complexity index is 488. The number of hydrogen-bond acceptors (Lipinski definition) is 4. The van der Waals surface area contributed by atoms with E-state index >= 15 is 0 Å². The number of aromatic nitrogens is 1. The van der Waals surface area contributed by atoms with Crippen LogP contribution in [0.2, 0.25) is 0 Å². The van der Waals surface area contributed by atoms with Crippen LogP contribution in [0.3, 0.4) is 0 Å². The Morgan fingerprint density at radius 2 is 1.91 bits per heavy atom. The number of anilines is 1. The Hall–Kier alpha value is -1.37. The lowest BCUT2D eigenvalue weighted by atomic mass is 9.95. The zero-order chi connectivity index (χ0) is 15.1. The first kappa shape index (κ1) is 21.6. The maximum atomic E-state index is 12.0. The third-order valence-corrected chi connectivity index (χ3v) is 3.91. The highest BCUT2D eigenvalue weighted by Crippen LogP contribution is 2.30. The van der Waals surface area contributed by atoms with E-state index in [-0.39, 0.29) is 54.9 Å². The van der Waals surface area contributed by atoms with E-state index in [0.717, 1.165) is 19.3 Å². The summed E-state index contributed by atoms with van der Waals surface area (Å²) < 4.78 is 0. The Kier molecular flexibility index (Phi) is 10.5. The molecule has 2 atom stereocenters. The quantitative estimate of drug-likeness (QED) is 0.717. The summed E-state index contributed by atoms with van der Waals surface area (Å²) in [7, 11) is 0. The van der Waals surface area contributed by atoms with E-state index in [1.165, 1.54) is 0 Å². The van der Waals surface area contributed by atoms with Crippen LogP contribution >= 0.6 is 24.8 Å². The van der Waals surface area contributed by atoms with Gasteiger partial charge in [-0.25, -0.2) is 0 Å². The van der Waals surface area contributed by atoms with E-state index in [1.807, 2.05) is 0 Å². The molecule has 0 radical (unpaired) electrons. The topological polar surface area (TPSA) is 97.1 Å². The van der Waals surface area contributed by atoms with Crippen LogP contribution in [-0.4, -0.2) is 29.9 Å². The van der Waals surface area contributed by atoms with Gasteiger partial charge in [0.2, 0.25) is 11.8 Å². The van der Waals surface area contributed by atoms with Gasteiger partial charge in [-0.2, -0.15) is 0 Å². The molecule has 1 aliphatic carbocycles. The molecular weight excluding hydrogens is 339 g/mol. The second-order valence-electron chi connectivity index (χ2n) is 5.36. The zero-order valence-electron chi connectivity index (χ0n) is 12.9. The van der Waals surface area contributed by atoms with E-state index in [2.05, 4.69) is 15.6 Å². The SMILES string of the molecule is Cl.Cl.NC[C@H]1CCC[C@H]1C(=O)NCCC(=O)Nc1ccncc1. The van der Waals surface area contributed by atoms with Crippen molar-refractivity contribution in [2.75, 3.05) is 18.4 Å². The number of pyridine rings is 1. The van der Waals surface area contributed by atoms with Crippen LogP contribution in [0, 0.1) is 11.8 Å². The first-order chi connectivity index (χ1) is 10.2. The smallest absolute Gasteiger partial charge is 0.226 e. The molecule has 130 valence electrons.